The Morgan fingerprint density at radius 3 is 2.59 bits per heavy atom. The summed E-state index contributed by atoms with van der Waals surface area (Å²) in [5.41, 5.74) is -0.254. The fourth-order valence-electron chi connectivity index (χ4n) is 1.75. The summed E-state index contributed by atoms with van der Waals surface area (Å²) in [4.78, 5) is 15.9. The molecule has 90 valence electrons. The third-order valence-corrected chi connectivity index (χ3v) is 3.30. The largest absolute Gasteiger partial charge is 0.338 e. The van der Waals surface area contributed by atoms with Gasteiger partial charge < -0.3 is 5.32 Å². The van der Waals surface area contributed by atoms with Crippen LogP contribution in [0.4, 0.5) is 0 Å². The van der Waals surface area contributed by atoms with Gasteiger partial charge >= 0.3 is 0 Å². The van der Waals surface area contributed by atoms with E-state index in [1.165, 1.54) is 0 Å². The Hall–Kier alpha value is -1.26. The lowest BCUT2D eigenvalue weighted by atomic mass is 9.92. The summed E-state index contributed by atoms with van der Waals surface area (Å²) in [7, 11) is 1.60. The molecule has 1 aliphatic heterocycles. The lowest BCUT2D eigenvalue weighted by Crippen LogP contribution is -2.40. The predicted molar refractivity (Wildman–Crippen MR) is 68.5 cm³/mol. The van der Waals surface area contributed by atoms with E-state index in [1.54, 1.807) is 32.2 Å². The normalized spacial score (nSPS) is 25.9. The highest BCUT2D eigenvalue weighted by Gasteiger charge is 2.43. The van der Waals surface area contributed by atoms with Gasteiger partial charge in [-0.05, 0) is 19.1 Å². The second-order valence-corrected chi connectivity index (χ2v) is 4.74. The van der Waals surface area contributed by atoms with Crippen molar-refractivity contribution in [3.63, 3.8) is 0 Å². The van der Waals surface area contributed by atoms with E-state index in [0.29, 0.717) is 21.6 Å². The van der Waals surface area contributed by atoms with Crippen LogP contribution in [0.25, 0.3) is 0 Å². The molecule has 1 aromatic rings. The van der Waals surface area contributed by atoms with Crippen molar-refractivity contribution in [2.75, 3.05) is 7.05 Å². The fourth-order valence-corrected chi connectivity index (χ4v) is 2.35. The summed E-state index contributed by atoms with van der Waals surface area (Å²) in [6.07, 6.45) is 0. The van der Waals surface area contributed by atoms with Crippen LogP contribution in [-0.4, -0.2) is 18.9 Å². The molecule has 0 saturated carbocycles. The second kappa shape index (κ2) is 4.20. The van der Waals surface area contributed by atoms with E-state index < -0.39 is 5.54 Å². The first-order valence-corrected chi connectivity index (χ1v) is 5.75. The van der Waals surface area contributed by atoms with Crippen LogP contribution < -0.4 is 10.6 Å². The van der Waals surface area contributed by atoms with E-state index in [4.69, 9.17) is 23.2 Å². The molecule has 4 nitrogen and oxygen atoms in total. The number of benzene rings is 1. The van der Waals surface area contributed by atoms with E-state index in [-0.39, 0.29) is 5.91 Å². The van der Waals surface area contributed by atoms with Gasteiger partial charge in [-0.2, -0.15) is 0 Å². The highest BCUT2D eigenvalue weighted by molar-refractivity contribution is 6.35. The van der Waals surface area contributed by atoms with Gasteiger partial charge in [0.1, 0.15) is 5.54 Å². The quantitative estimate of drug-likeness (QED) is 0.820. The summed E-state index contributed by atoms with van der Waals surface area (Å²) in [5.74, 6) is 0.242. The van der Waals surface area contributed by atoms with Gasteiger partial charge in [0.05, 0.1) is 0 Å². The van der Waals surface area contributed by atoms with Gasteiger partial charge in [-0.25, -0.2) is 0 Å². The number of carbonyl (C=O) groups is 1. The van der Waals surface area contributed by atoms with E-state index in [2.05, 4.69) is 15.6 Å². The average molecular weight is 272 g/mol. The van der Waals surface area contributed by atoms with Crippen molar-refractivity contribution in [3.8, 4) is 0 Å². The van der Waals surface area contributed by atoms with Crippen molar-refractivity contribution >= 4 is 35.1 Å². The molecular formula is C11H11Cl2N3O. The zero-order valence-corrected chi connectivity index (χ0v) is 10.9. The Bertz CT molecular complexity index is 515. The Morgan fingerprint density at radius 1 is 1.35 bits per heavy atom. The zero-order chi connectivity index (χ0) is 12.6. The minimum absolute atomic E-state index is 0.192. The first kappa shape index (κ1) is 12.2. The topological polar surface area (TPSA) is 53.5 Å². The van der Waals surface area contributed by atoms with Crippen LogP contribution in [0, 0.1) is 0 Å². The molecule has 0 aromatic heterocycles. The highest BCUT2D eigenvalue weighted by atomic mass is 35.5. The molecule has 1 atom stereocenters. The van der Waals surface area contributed by atoms with Crippen LogP contribution in [0.1, 0.15) is 12.5 Å². The number of amides is 1. The molecule has 1 fully saturated rings. The van der Waals surface area contributed by atoms with Crippen LogP contribution in [-0.2, 0) is 10.3 Å². The van der Waals surface area contributed by atoms with Crippen molar-refractivity contribution in [1.82, 2.24) is 10.6 Å². The first-order valence-electron chi connectivity index (χ1n) is 4.99. The van der Waals surface area contributed by atoms with Crippen LogP contribution >= 0.6 is 23.2 Å². The maximum absolute atomic E-state index is 12.0. The van der Waals surface area contributed by atoms with Crippen molar-refractivity contribution < 1.29 is 4.79 Å². The van der Waals surface area contributed by atoms with Crippen LogP contribution in [0.3, 0.4) is 0 Å². The highest BCUT2D eigenvalue weighted by Crippen LogP contribution is 2.32. The van der Waals surface area contributed by atoms with E-state index in [1.807, 2.05) is 0 Å². The number of carbonyl (C=O) groups excluding carboxylic acids is 1. The number of halogens is 2. The molecule has 17 heavy (non-hydrogen) atoms. The molecular weight excluding hydrogens is 261 g/mol. The molecule has 0 bridgehead atoms. The monoisotopic (exact) mass is 271 g/mol. The van der Waals surface area contributed by atoms with Gasteiger partial charge in [0.15, 0.2) is 5.96 Å². The van der Waals surface area contributed by atoms with Gasteiger partial charge in [-0.3, -0.25) is 15.1 Å². The average Bonchev–Trinajstić information content (AvgIpc) is 2.55. The third kappa shape index (κ3) is 1.98. The minimum atomic E-state index is -0.920. The van der Waals surface area contributed by atoms with Crippen molar-refractivity contribution in [3.05, 3.63) is 33.8 Å². The number of hydrogen-bond donors (Lipinski definition) is 2. The van der Waals surface area contributed by atoms with Gasteiger partial charge in [0.2, 0.25) is 0 Å². The second-order valence-electron chi connectivity index (χ2n) is 3.90. The lowest BCUT2D eigenvalue weighted by Gasteiger charge is -2.22. The molecule has 0 spiro atoms. The summed E-state index contributed by atoms with van der Waals surface area (Å²) in [6, 6.07) is 5.04. The summed E-state index contributed by atoms with van der Waals surface area (Å²) < 4.78 is 0. The summed E-state index contributed by atoms with van der Waals surface area (Å²) in [6.45, 7) is 1.75. The molecule has 1 unspecified atom stereocenters. The summed E-state index contributed by atoms with van der Waals surface area (Å²) in [5, 5.41) is 6.62. The number of nitrogens with one attached hydrogen (secondary N) is 2. The molecule has 0 aliphatic carbocycles. The molecule has 1 saturated heterocycles. The lowest BCUT2D eigenvalue weighted by molar-refractivity contribution is -0.123. The van der Waals surface area contributed by atoms with Crippen molar-refractivity contribution in [2.45, 2.75) is 12.5 Å². The Morgan fingerprint density at radius 2 is 2.06 bits per heavy atom. The standard InChI is InChI=1S/C11H11Cl2N3O/c1-11(9(17)15-10(14-2)16-11)7-4-3-6(12)5-8(7)13/h3-5H,1-2H3,(H2,14,15,16,17). The van der Waals surface area contributed by atoms with Gasteiger partial charge in [0, 0.05) is 22.7 Å². The molecule has 2 N–H and O–H groups in total. The van der Waals surface area contributed by atoms with Crippen LogP contribution in [0.5, 0.6) is 0 Å². The third-order valence-electron chi connectivity index (χ3n) is 2.75. The fraction of sp³-hybridized carbons (Fsp3) is 0.273. The smallest absolute Gasteiger partial charge is 0.256 e. The molecule has 1 amide bonds. The minimum Gasteiger partial charge on any atom is -0.338 e. The molecule has 1 heterocycles. The molecule has 6 heteroatoms. The van der Waals surface area contributed by atoms with Crippen molar-refractivity contribution in [2.24, 2.45) is 4.99 Å². The number of aliphatic imine (C=N–C) groups is 1. The van der Waals surface area contributed by atoms with E-state index >= 15 is 0 Å². The maximum atomic E-state index is 12.0. The number of nitrogens with zero attached hydrogens (tertiary/aromatic N) is 1. The zero-order valence-electron chi connectivity index (χ0n) is 9.34. The molecule has 1 aliphatic rings. The van der Waals surface area contributed by atoms with Gasteiger partial charge in [-0.15, -0.1) is 0 Å². The van der Waals surface area contributed by atoms with E-state index in [0.717, 1.165) is 0 Å². The molecule has 2 rings (SSSR count). The number of guanidine groups is 1. The first-order chi connectivity index (χ1) is 7.97. The Balaban J connectivity index is 2.49. The van der Waals surface area contributed by atoms with Crippen LogP contribution in [0.2, 0.25) is 10.0 Å². The van der Waals surface area contributed by atoms with Gasteiger partial charge in [-0.1, -0.05) is 29.3 Å². The van der Waals surface area contributed by atoms with Gasteiger partial charge in [0.25, 0.3) is 5.91 Å². The summed E-state index contributed by atoms with van der Waals surface area (Å²) >= 11 is 11.9. The predicted octanol–water partition coefficient (Wildman–Crippen LogP) is 1.91. The number of hydrogen-bond acceptors (Lipinski definition) is 2. The molecule has 0 radical (unpaired) electrons. The van der Waals surface area contributed by atoms with Crippen molar-refractivity contribution in [1.29, 1.82) is 0 Å². The van der Waals surface area contributed by atoms with E-state index in [9.17, 15) is 4.79 Å². The Kier molecular flexibility index (Phi) is 3.02. The maximum Gasteiger partial charge on any atom is 0.256 e. The SMILES string of the molecule is CN=C1NC(=O)C(C)(c2ccc(Cl)cc2Cl)N1. The number of rotatable bonds is 1. The van der Waals surface area contributed by atoms with Crippen LogP contribution in [0.15, 0.2) is 23.2 Å². The molecule has 1 aromatic carbocycles. The Labute approximate surface area is 109 Å².